The molecule has 9 nitrogen and oxygen atoms in total. The molecular formula is C19H22N6O3S2. The normalized spacial score (nSPS) is 10.8. The maximum Gasteiger partial charge on any atom is 0.311 e. The van der Waals surface area contributed by atoms with Crippen molar-refractivity contribution in [1.29, 1.82) is 0 Å². The van der Waals surface area contributed by atoms with Gasteiger partial charge in [0, 0.05) is 10.4 Å². The summed E-state index contributed by atoms with van der Waals surface area (Å²) < 4.78 is 6.32. The number of anilines is 1. The van der Waals surface area contributed by atoms with Crippen LogP contribution in [0.4, 0.5) is 5.13 Å². The van der Waals surface area contributed by atoms with Gasteiger partial charge in [-0.05, 0) is 20.8 Å². The summed E-state index contributed by atoms with van der Waals surface area (Å²) in [5.74, 6) is 6.14. The van der Waals surface area contributed by atoms with Crippen molar-refractivity contribution in [2.24, 2.45) is 0 Å². The number of thioether (sulfide) groups is 1. The van der Waals surface area contributed by atoms with Crippen molar-refractivity contribution in [2.75, 3.05) is 23.5 Å². The Hall–Kier alpha value is -2.92. The molecule has 158 valence electrons. The number of hydrogen-bond acceptors (Lipinski definition) is 9. The number of aryl methyl sites for hydroxylation is 2. The molecule has 0 atom stereocenters. The number of thiazole rings is 1. The van der Waals surface area contributed by atoms with E-state index in [2.05, 4.69) is 20.5 Å². The first-order chi connectivity index (χ1) is 14.4. The monoisotopic (exact) mass is 446 g/mol. The molecule has 0 aliphatic rings. The number of amides is 1. The summed E-state index contributed by atoms with van der Waals surface area (Å²) >= 11 is 2.43. The summed E-state index contributed by atoms with van der Waals surface area (Å²) in [5, 5.41) is 11.8. The number of ether oxygens (including phenoxy) is 1. The van der Waals surface area contributed by atoms with Crippen molar-refractivity contribution >= 4 is 40.1 Å². The molecule has 3 rings (SSSR count). The maximum atomic E-state index is 12.3. The second-order valence-corrected chi connectivity index (χ2v) is 8.41. The highest BCUT2D eigenvalue weighted by Gasteiger charge is 2.16. The van der Waals surface area contributed by atoms with Gasteiger partial charge in [-0.1, -0.05) is 41.6 Å². The van der Waals surface area contributed by atoms with Gasteiger partial charge in [0.25, 0.3) is 0 Å². The van der Waals surface area contributed by atoms with Gasteiger partial charge in [-0.15, -0.1) is 21.5 Å². The molecule has 0 saturated heterocycles. The van der Waals surface area contributed by atoms with Gasteiger partial charge in [-0.25, -0.2) is 9.66 Å². The predicted molar refractivity (Wildman–Crippen MR) is 117 cm³/mol. The summed E-state index contributed by atoms with van der Waals surface area (Å²) in [4.78, 5) is 29.0. The quantitative estimate of drug-likeness (QED) is 0.307. The van der Waals surface area contributed by atoms with Crippen molar-refractivity contribution in [3.8, 4) is 11.4 Å². The molecule has 0 radical (unpaired) electrons. The summed E-state index contributed by atoms with van der Waals surface area (Å²) in [6.07, 6.45) is 0.139. The number of nitrogen functional groups attached to an aromatic ring is 1. The highest BCUT2D eigenvalue weighted by atomic mass is 32.2. The van der Waals surface area contributed by atoms with Gasteiger partial charge in [0.05, 0.1) is 24.5 Å². The summed E-state index contributed by atoms with van der Waals surface area (Å²) in [5.41, 5.74) is 2.68. The molecule has 0 spiro atoms. The fourth-order valence-corrected chi connectivity index (χ4v) is 4.17. The number of esters is 1. The van der Waals surface area contributed by atoms with E-state index < -0.39 is 0 Å². The third-order valence-corrected chi connectivity index (χ3v) is 6.07. The largest absolute Gasteiger partial charge is 0.466 e. The number of nitrogens with zero attached hydrogens (tertiary/aromatic N) is 4. The van der Waals surface area contributed by atoms with Gasteiger partial charge < -0.3 is 15.9 Å². The van der Waals surface area contributed by atoms with Crippen LogP contribution < -0.4 is 11.2 Å². The van der Waals surface area contributed by atoms with Crippen molar-refractivity contribution < 1.29 is 14.3 Å². The maximum absolute atomic E-state index is 12.3. The molecule has 0 aliphatic carbocycles. The summed E-state index contributed by atoms with van der Waals surface area (Å²) in [6, 6.07) is 7.78. The molecule has 0 aliphatic heterocycles. The Kier molecular flexibility index (Phi) is 7.06. The smallest absolute Gasteiger partial charge is 0.311 e. The van der Waals surface area contributed by atoms with Gasteiger partial charge in [0.1, 0.15) is 0 Å². The molecule has 0 fully saturated rings. The Labute approximate surface area is 182 Å². The highest BCUT2D eigenvalue weighted by molar-refractivity contribution is 7.99. The molecule has 2 aromatic heterocycles. The number of benzene rings is 1. The van der Waals surface area contributed by atoms with Gasteiger partial charge in [0.2, 0.25) is 11.1 Å². The zero-order valence-electron chi connectivity index (χ0n) is 16.8. The molecule has 0 bridgehead atoms. The number of nitrogens with two attached hydrogens (primary N) is 1. The van der Waals surface area contributed by atoms with Crippen LogP contribution in [0.25, 0.3) is 11.4 Å². The Morgan fingerprint density at radius 1 is 1.23 bits per heavy atom. The van der Waals surface area contributed by atoms with E-state index >= 15 is 0 Å². The zero-order chi connectivity index (χ0) is 21.7. The van der Waals surface area contributed by atoms with E-state index in [9.17, 15) is 9.59 Å². The lowest BCUT2D eigenvalue weighted by atomic mass is 10.1. The van der Waals surface area contributed by atoms with E-state index in [0.29, 0.717) is 28.4 Å². The minimum atomic E-state index is -0.315. The van der Waals surface area contributed by atoms with Crippen molar-refractivity contribution in [1.82, 2.24) is 19.9 Å². The average Bonchev–Trinajstić information content (AvgIpc) is 3.23. The van der Waals surface area contributed by atoms with Crippen LogP contribution in [0, 0.1) is 13.8 Å². The lowest BCUT2D eigenvalue weighted by molar-refractivity contribution is -0.142. The van der Waals surface area contributed by atoms with Crippen LogP contribution in [-0.2, 0) is 20.7 Å². The standard InChI is InChI=1S/C19H22N6O3S2/c1-4-28-16(27)9-14-12(3)21-18(30-14)22-15(26)10-29-19-24-23-17(25(19)20)13-7-5-11(2)6-8-13/h5-8H,4,9-10,20H2,1-3H3,(H,21,22,26). The first-order valence-electron chi connectivity index (χ1n) is 9.19. The predicted octanol–water partition coefficient (Wildman–Crippen LogP) is 2.57. The Morgan fingerprint density at radius 2 is 1.97 bits per heavy atom. The number of rotatable bonds is 8. The molecular weight excluding hydrogens is 424 g/mol. The number of carbonyl (C=O) groups excluding carboxylic acids is 2. The number of carbonyl (C=O) groups is 2. The van der Waals surface area contributed by atoms with Crippen LogP contribution in [0.1, 0.15) is 23.1 Å². The molecule has 11 heteroatoms. The van der Waals surface area contributed by atoms with E-state index in [0.717, 1.165) is 16.0 Å². The van der Waals surface area contributed by atoms with E-state index in [1.54, 1.807) is 13.8 Å². The summed E-state index contributed by atoms with van der Waals surface area (Å²) in [7, 11) is 0. The van der Waals surface area contributed by atoms with Crippen LogP contribution in [0.3, 0.4) is 0 Å². The number of nitrogens with one attached hydrogen (secondary N) is 1. The van der Waals surface area contributed by atoms with Crippen molar-refractivity contribution in [3.05, 3.63) is 40.4 Å². The van der Waals surface area contributed by atoms with E-state index in [1.165, 1.54) is 27.8 Å². The molecule has 2 heterocycles. The van der Waals surface area contributed by atoms with Gasteiger partial charge in [-0.2, -0.15) is 0 Å². The second kappa shape index (κ2) is 9.72. The molecule has 3 aromatic rings. The SMILES string of the molecule is CCOC(=O)Cc1sc(NC(=O)CSc2nnc(-c3ccc(C)cc3)n2N)nc1C. The van der Waals surface area contributed by atoms with Crippen molar-refractivity contribution in [3.63, 3.8) is 0 Å². The topological polar surface area (TPSA) is 125 Å². The number of aromatic nitrogens is 4. The Balaban J connectivity index is 1.58. The molecule has 1 aromatic carbocycles. The zero-order valence-corrected chi connectivity index (χ0v) is 18.5. The molecule has 0 saturated carbocycles. The fraction of sp³-hybridized carbons (Fsp3) is 0.316. The molecule has 3 N–H and O–H groups in total. The fourth-order valence-electron chi connectivity index (χ4n) is 2.55. The van der Waals surface area contributed by atoms with E-state index in [-0.39, 0.29) is 24.1 Å². The summed E-state index contributed by atoms with van der Waals surface area (Å²) in [6.45, 7) is 5.88. The van der Waals surface area contributed by atoms with Crippen LogP contribution in [0.5, 0.6) is 0 Å². The lowest BCUT2D eigenvalue weighted by Gasteiger charge is -2.04. The van der Waals surface area contributed by atoms with E-state index in [4.69, 9.17) is 10.6 Å². The lowest BCUT2D eigenvalue weighted by Crippen LogP contribution is -2.16. The van der Waals surface area contributed by atoms with Crippen LogP contribution in [-0.4, -0.2) is 44.1 Å². The minimum absolute atomic E-state index is 0.0923. The second-order valence-electron chi connectivity index (χ2n) is 6.39. The average molecular weight is 447 g/mol. The minimum Gasteiger partial charge on any atom is -0.466 e. The van der Waals surface area contributed by atoms with Crippen LogP contribution in [0.2, 0.25) is 0 Å². The molecule has 0 unspecified atom stereocenters. The van der Waals surface area contributed by atoms with Crippen molar-refractivity contribution in [2.45, 2.75) is 32.3 Å². The first kappa shape index (κ1) is 21.8. The third kappa shape index (κ3) is 5.36. The molecule has 30 heavy (non-hydrogen) atoms. The Morgan fingerprint density at radius 3 is 2.67 bits per heavy atom. The Bertz CT molecular complexity index is 1050. The number of hydrogen-bond donors (Lipinski definition) is 2. The van der Waals surface area contributed by atoms with E-state index in [1.807, 2.05) is 31.2 Å². The van der Waals surface area contributed by atoms with Gasteiger partial charge in [-0.3, -0.25) is 9.59 Å². The van der Waals surface area contributed by atoms with Crippen LogP contribution in [0.15, 0.2) is 29.4 Å². The third-order valence-electron chi connectivity index (χ3n) is 4.06. The first-order valence-corrected chi connectivity index (χ1v) is 11.0. The van der Waals surface area contributed by atoms with Gasteiger partial charge in [0.15, 0.2) is 11.0 Å². The molecule has 1 amide bonds. The van der Waals surface area contributed by atoms with Crippen LogP contribution >= 0.6 is 23.1 Å². The highest BCUT2D eigenvalue weighted by Crippen LogP contribution is 2.25. The van der Waals surface area contributed by atoms with Gasteiger partial charge >= 0.3 is 5.97 Å².